The van der Waals surface area contributed by atoms with E-state index < -0.39 is 0 Å². The van der Waals surface area contributed by atoms with Crippen molar-refractivity contribution in [3.05, 3.63) is 41.5 Å². The summed E-state index contributed by atoms with van der Waals surface area (Å²) in [4.78, 5) is 11.7. The largest absolute Gasteiger partial charge is 0.465 e. The summed E-state index contributed by atoms with van der Waals surface area (Å²) in [7, 11) is 1.41. The van der Waals surface area contributed by atoms with Crippen molar-refractivity contribution < 1.29 is 9.53 Å². The van der Waals surface area contributed by atoms with E-state index in [4.69, 9.17) is 4.74 Å². The van der Waals surface area contributed by atoms with Gasteiger partial charge in [0, 0.05) is 12.2 Å². The fraction of sp³-hybridized carbons (Fsp3) is 0.471. The lowest BCUT2D eigenvalue weighted by Crippen LogP contribution is -2.23. The quantitative estimate of drug-likeness (QED) is 0.668. The lowest BCUT2D eigenvalue weighted by Gasteiger charge is -2.27. The van der Waals surface area contributed by atoms with E-state index in [1.807, 2.05) is 18.2 Å². The van der Waals surface area contributed by atoms with Crippen LogP contribution in [-0.4, -0.2) is 19.6 Å². The first-order valence-electron chi connectivity index (χ1n) is 7.20. The van der Waals surface area contributed by atoms with Crippen LogP contribution in [0.15, 0.2) is 35.9 Å². The van der Waals surface area contributed by atoms with Gasteiger partial charge in [-0.1, -0.05) is 30.7 Å². The number of methoxy groups -OCH3 is 1. The molecule has 1 N–H and O–H groups in total. The van der Waals surface area contributed by atoms with Gasteiger partial charge in [0.05, 0.1) is 12.7 Å². The Labute approximate surface area is 121 Å². The van der Waals surface area contributed by atoms with Crippen LogP contribution in [0.4, 0.5) is 5.69 Å². The maximum Gasteiger partial charge on any atom is 0.339 e. The number of benzene rings is 1. The Kier molecular flexibility index (Phi) is 4.83. The monoisotopic (exact) mass is 273 g/mol. The van der Waals surface area contributed by atoms with Crippen molar-refractivity contribution >= 4 is 11.7 Å². The highest BCUT2D eigenvalue weighted by Gasteiger charge is 2.20. The van der Waals surface area contributed by atoms with Crippen molar-refractivity contribution in [3.8, 4) is 0 Å². The van der Waals surface area contributed by atoms with E-state index in [9.17, 15) is 4.79 Å². The first kappa shape index (κ1) is 14.6. The highest BCUT2D eigenvalue weighted by atomic mass is 16.5. The number of carbonyl (C=O) groups excluding carboxylic acids is 1. The molecule has 0 spiro atoms. The average molecular weight is 273 g/mol. The van der Waals surface area contributed by atoms with Crippen LogP contribution >= 0.6 is 0 Å². The molecular formula is C17H23NO2. The van der Waals surface area contributed by atoms with Gasteiger partial charge in [-0.3, -0.25) is 0 Å². The third kappa shape index (κ3) is 3.41. The molecule has 0 bridgehead atoms. The van der Waals surface area contributed by atoms with Crippen LogP contribution in [0.25, 0.3) is 0 Å². The smallest absolute Gasteiger partial charge is 0.339 e. The Morgan fingerprint density at radius 2 is 2.15 bits per heavy atom. The molecule has 0 aliphatic heterocycles. The Morgan fingerprint density at radius 3 is 2.85 bits per heavy atom. The molecule has 1 aromatic rings. The highest BCUT2D eigenvalue weighted by Crippen LogP contribution is 2.29. The summed E-state index contributed by atoms with van der Waals surface area (Å²) >= 11 is 0. The highest BCUT2D eigenvalue weighted by molar-refractivity contribution is 5.95. The summed E-state index contributed by atoms with van der Waals surface area (Å²) in [6.45, 7) is 5.35. The number of esters is 1. The van der Waals surface area contributed by atoms with Crippen molar-refractivity contribution in [2.45, 2.75) is 26.7 Å². The van der Waals surface area contributed by atoms with Crippen LogP contribution in [0.3, 0.4) is 0 Å². The standard InChI is InChI=1S/C17H23NO2/c1-12-8-9-14(13(2)10-12)11-18-16-7-5-4-6-15(16)17(19)20-3/h4-7,10,13-14,18H,8-9,11H2,1-3H3. The number of hydrogen-bond donors (Lipinski definition) is 1. The number of carbonyl (C=O) groups is 1. The van der Waals surface area contributed by atoms with Crippen LogP contribution in [-0.2, 0) is 4.74 Å². The Hall–Kier alpha value is -1.77. The Balaban J connectivity index is 2.03. The summed E-state index contributed by atoms with van der Waals surface area (Å²) in [5, 5.41) is 3.41. The zero-order valence-corrected chi connectivity index (χ0v) is 12.5. The third-order valence-corrected chi connectivity index (χ3v) is 4.09. The zero-order valence-electron chi connectivity index (χ0n) is 12.5. The summed E-state index contributed by atoms with van der Waals surface area (Å²) in [6, 6.07) is 7.51. The van der Waals surface area contributed by atoms with Crippen molar-refractivity contribution in [2.75, 3.05) is 19.0 Å². The molecule has 2 unspecified atom stereocenters. The molecule has 0 aromatic heterocycles. The number of anilines is 1. The molecule has 3 nitrogen and oxygen atoms in total. The van der Waals surface area contributed by atoms with E-state index in [2.05, 4.69) is 25.2 Å². The number of nitrogens with one attached hydrogen (secondary N) is 1. The topological polar surface area (TPSA) is 38.3 Å². The fourth-order valence-corrected chi connectivity index (χ4v) is 2.80. The molecule has 2 rings (SSSR count). The molecule has 0 radical (unpaired) electrons. The van der Waals surface area contributed by atoms with E-state index in [0.29, 0.717) is 17.4 Å². The maximum atomic E-state index is 11.7. The molecule has 2 atom stereocenters. The van der Waals surface area contributed by atoms with E-state index in [1.54, 1.807) is 6.07 Å². The molecule has 3 heteroatoms. The lowest BCUT2D eigenvalue weighted by molar-refractivity contribution is 0.0602. The first-order chi connectivity index (χ1) is 9.61. The van der Waals surface area contributed by atoms with Gasteiger partial charge in [-0.15, -0.1) is 0 Å². The minimum Gasteiger partial charge on any atom is -0.465 e. The second-order valence-electron chi connectivity index (χ2n) is 5.59. The molecule has 1 aliphatic carbocycles. The molecule has 0 saturated heterocycles. The second-order valence-corrected chi connectivity index (χ2v) is 5.59. The Morgan fingerprint density at radius 1 is 1.40 bits per heavy atom. The van der Waals surface area contributed by atoms with Crippen molar-refractivity contribution in [2.24, 2.45) is 11.8 Å². The number of rotatable bonds is 4. The number of hydrogen-bond acceptors (Lipinski definition) is 3. The zero-order chi connectivity index (χ0) is 14.5. The van der Waals surface area contributed by atoms with Gasteiger partial charge >= 0.3 is 5.97 Å². The van der Waals surface area contributed by atoms with Crippen LogP contribution in [0.2, 0.25) is 0 Å². The van der Waals surface area contributed by atoms with Crippen molar-refractivity contribution in [1.82, 2.24) is 0 Å². The van der Waals surface area contributed by atoms with Gasteiger partial charge in [0.25, 0.3) is 0 Å². The molecule has 0 fully saturated rings. The predicted octanol–water partition coefficient (Wildman–Crippen LogP) is 3.88. The lowest BCUT2D eigenvalue weighted by atomic mass is 9.82. The molecule has 1 aromatic carbocycles. The minimum absolute atomic E-state index is 0.291. The van der Waals surface area contributed by atoms with E-state index in [-0.39, 0.29) is 5.97 Å². The van der Waals surface area contributed by atoms with Gasteiger partial charge in [0.2, 0.25) is 0 Å². The molecule has 1 aliphatic rings. The predicted molar refractivity (Wildman–Crippen MR) is 81.9 cm³/mol. The Bertz CT molecular complexity index is 507. The van der Waals surface area contributed by atoms with E-state index in [1.165, 1.54) is 25.5 Å². The van der Waals surface area contributed by atoms with Gasteiger partial charge in [-0.25, -0.2) is 4.79 Å². The molecule has 0 saturated carbocycles. The molecule has 0 heterocycles. The van der Waals surface area contributed by atoms with Crippen molar-refractivity contribution in [1.29, 1.82) is 0 Å². The van der Waals surface area contributed by atoms with Gasteiger partial charge in [-0.2, -0.15) is 0 Å². The molecular weight excluding hydrogens is 250 g/mol. The second kappa shape index (κ2) is 6.60. The van der Waals surface area contributed by atoms with E-state index in [0.717, 1.165) is 12.2 Å². The SMILES string of the molecule is COC(=O)c1ccccc1NCC1CCC(C)=CC1C. The van der Waals surface area contributed by atoms with Crippen LogP contribution in [0.1, 0.15) is 37.0 Å². The number of allylic oxidation sites excluding steroid dienone is 2. The average Bonchev–Trinajstić information content (AvgIpc) is 2.46. The fourth-order valence-electron chi connectivity index (χ4n) is 2.80. The van der Waals surface area contributed by atoms with Crippen LogP contribution in [0.5, 0.6) is 0 Å². The number of para-hydroxylation sites is 1. The summed E-state index contributed by atoms with van der Waals surface area (Å²) < 4.78 is 4.82. The van der Waals surface area contributed by atoms with E-state index >= 15 is 0 Å². The first-order valence-corrected chi connectivity index (χ1v) is 7.20. The van der Waals surface area contributed by atoms with Crippen LogP contribution in [0, 0.1) is 11.8 Å². The molecule has 0 amide bonds. The van der Waals surface area contributed by atoms with Gasteiger partial charge in [-0.05, 0) is 43.7 Å². The molecule has 108 valence electrons. The normalized spacial score (nSPS) is 22.1. The van der Waals surface area contributed by atoms with Gasteiger partial charge in [0.15, 0.2) is 0 Å². The molecule has 20 heavy (non-hydrogen) atoms. The minimum atomic E-state index is -0.291. The maximum absolute atomic E-state index is 11.7. The van der Waals surface area contributed by atoms with Gasteiger partial charge in [0.1, 0.15) is 0 Å². The summed E-state index contributed by atoms with van der Waals surface area (Å²) in [5.41, 5.74) is 2.95. The number of ether oxygens (including phenoxy) is 1. The third-order valence-electron chi connectivity index (χ3n) is 4.09. The van der Waals surface area contributed by atoms with Crippen LogP contribution < -0.4 is 5.32 Å². The van der Waals surface area contributed by atoms with Crippen molar-refractivity contribution in [3.63, 3.8) is 0 Å². The summed E-state index contributed by atoms with van der Waals surface area (Å²) in [5.74, 6) is 0.909. The summed E-state index contributed by atoms with van der Waals surface area (Å²) in [6.07, 6.45) is 4.74. The van der Waals surface area contributed by atoms with Gasteiger partial charge < -0.3 is 10.1 Å².